The van der Waals surface area contributed by atoms with Gasteiger partial charge >= 0.3 is 0 Å². The van der Waals surface area contributed by atoms with Crippen LogP contribution < -0.4 is 4.72 Å². The second kappa shape index (κ2) is 5.28. The number of sulfonamides is 1. The molecule has 0 aliphatic carbocycles. The Balaban J connectivity index is 2.07. The SMILES string of the molecule is O=[N+]([O-])c1ccc(F)c(NS(=O)(=O)c2cccc3nonc23)c1. The second-order valence-corrected chi connectivity index (χ2v) is 6.07. The van der Waals surface area contributed by atoms with Crippen molar-refractivity contribution in [2.75, 3.05) is 4.72 Å². The summed E-state index contributed by atoms with van der Waals surface area (Å²) in [5.41, 5.74) is -0.837. The number of nitrogens with zero attached hydrogens (tertiary/aromatic N) is 3. The van der Waals surface area contributed by atoms with E-state index in [0.717, 1.165) is 18.2 Å². The predicted molar refractivity (Wildman–Crippen MR) is 75.7 cm³/mol. The van der Waals surface area contributed by atoms with Crippen LogP contribution in [0.15, 0.2) is 45.9 Å². The Hall–Kier alpha value is -3.08. The molecule has 0 saturated heterocycles. The highest BCUT2D eigenvalue weighted by Gasteiger charge is 2.23. The van der Waals surface area contributed by atoms with Gasteiger partial charge in [0.05, 0.1) is 10.6 Å². The van der Waals surface area contributed by atoms with Gasteiger partial charge in [-0.1, -0.05) is 6.07 Å². The Morgan fingerprint density at radius 2 is 2.00 bits per heavy atom. The molecule has 0 aliphatic rings. The number of nitro benzene ring substituents is 1. The standard InChI is InChI=1S/C12H7FN4O5S/c13-8-5-4-7(17(18)19)6-10(8)16-23(20,21)11-3-1-2-9-12(11)15-22-14-9/h1-6,16H. The highest BCUT2D eigenvalue weighted by Crippen LogP contribution is 2.26. The van der Waals surface area contributed by atoms with Gasteiger partial charge in [0.1, 0.15) is 16.2 Å². The van der Waals surface area contributed by atoms with Crippen LogP contribution in [0.2, 0.25) is 0 Å². The first-order chi connectivity index (χ1) is 10.9. The molecule has 3 rings (SSSR count). The summed E-state index contributed by atoms with van der Waals surface area (Å²) in [7, 11) is -4.25. The minimum Gasteiger partial charge on any atom is -0.276 e. The first-order valence-corrected chi connectivity index (χ1v) is 7.55. The zero-order valence-corrected chi connectivity index (χ0v) is 11.9. The molecular weight excluding hydrogens is 331 g/mol. The van der Waals surface area contributed by atoms with Crippen LogP contribution in [0.3, 0.4) is 0 Å². The molecule has 0 bridgehead atoms. The number of non-ortho nitro benzene ring substituents is 1. The van der Waals surface area contributed by atoms with Gasteiger partial charge in [0.25, 0.3) is 15.7 Å². The fraction of sp³-hybridized carbons (Fsp3) is 0. The van der Waals surface area contributed by atoms with Crippen LogP contribution in [0.5, 0.6) is 0 Å². The number of fused-ring (bicyclic) bond motifs is 1. The minimum atomic E-state index is -4.25. The number of aromatic nitrogens is 2. The quantitative estimate of drug-likeness (QED) is 0.569. The van der Waals surface area contributed by atoms with E-state index in [1.165, 1.54) is 18.2 Å². The van der Waals surface area contributed by atoms with Crippen LogP contribution >= 0.6 is 0 Å². The van der Waals surface area contributed by atoms with Gasteiger partial charge in [0.2, 0.25) is 0 Å². The molecule has 9 nitrogen and oxygen atoms in total. The van der Waals surface area contributed by atoms with Crippen LogP contribution in [-0.2, 0) is 10.0 Å². The largest absolute Gasteiger partial charge is 0.276 e. The lowest BCUT2D eigenvalue weighted by molar-refractivity contribution is -0.384. The number of hydrogen-bond acceptors (Lipinski definition) is 7. The Kier molecular flexibility index (Phi) is 3.41. The zero-order chi connectivity index (χ0) is 16.6. The molecule has 23 heavy (non-hydrogen) atoms. The molecule has 1 heterocycles. The van der Waals surface area contributed by atoms with Crippen molar-refractivity contribution in [2.45, 2.75) is 4.90 Å². The Morgan fingerprint density at radius 1 is 1.22 bits per heavy atom. The minimum absolute atomic E-state index is 0.0363. The van der Waals surface area contributed by atoms with Crippen molar-refractivity contribution in [2.24, 2.45) is 0 Å². The Morgan fingerprint density at radius 3 is 2.74 bits per heavy atom. The zero-order valence-electron chi connectivity index (χ0n) is 11.1. The number of hydrogen-bond donors (Lipinski definition) is 1. The van der Waals surface area contributed by atoms with Gasteiger partial charge in [0, 0.05) is 12.1 Å². The number of benzene rings is 2. The lowest BCUT2D eigenvalue weighted by Gasteiger charge is -2.08. The highest BCUT2D eigenvalue weighted by molar-refractivity contribution is 7.93. The van der Waals surface area contributed by atoms with Crippen molar-refractivity contribution >= 4 is 32.4 Å². The van der Waals surface area contributed by atoms with Gasteiger partial charge in [-0.15, -0.1) is 0 Å². The molecule has 0 aliphatic heterocycles. The Bertz CT molecular complexity index is 1020. The highest BCUT2D eigenvalue weighted by atomic mass is 32.2. The molecule has 1 aromatic heterocycles. The summed E-state index contributed by atoms with van der Waals surface area (Å²) in [5, 5.41) is 17.7. The van der Waals surface area contributed by atoms with Gasteiger partial charge in [-0.05, 0) is 28.5 Å². The summed E-state index contributed by atoms with van der Waals surface area (Å²) in [4.78, 5) is 9.66. The van der Waals surface area contributed by atoms with E-state index >= 15 is 0 Å². The first kappa shape index (κ1) is 14.8. The Labute approximate surface area is 127 Å². The molecule has 1 N–H and O–H groups in total. The molecule has 0 saturated carbocycles. The third-order valence-electron chi connectivity index (χ3n) is 2.94. The summed E-state index contributed by atoms with van der Waals surface area (Å²) in [6.07, 6.45) is 0. The third-order valence-corrected chi connectivity index (χ3v) is 4.34. The van der Waals surface area contributed by atoms with Gasteiger partial charge < -0.3 is 0 Å². The maximum Gasteiger partial charge on any atom is 0.271 e. The fourth-order valence-corrected chi connectivity index (χ4v) is 3.11. The summed E-state index contributed by atoms with van der Waals surface area (Å²) >= 11 is 0. The molecule has 0 spiro atoms. The van der Waals surface area contributed by atoms with Crippen molar-refractivity contribution in [3.63, 3.8) is 0 Å². The van der Waals surface area contributed by atoms with E-state index in [-0.39, 0.29) is 15.9 Å². The molecule has 11 heteroatoms. The summed E-state index contributed by atoms with van der Waals surface area (Å²) in [6, 6.07) is 6.63. The number of rotatable bonds is 4. The summed E-state index contributed by atoms with van der Waals surface area (Å²) in [6.45, 7) is 0. The normalized spacial score (nSPS) is 11.5. The number of nitro groups is 1. The van der Waals surface area contributed by atoms with Crippen LogP contribution in [0.1, 0.15) is 0 Å². The van der Waals surface area contributed by atoms with E-state index in [1.807, 2.05) is 4.72 Å². The summed E-state index contributed by atoms with van der Waals surface area (Å²) in [5.74, 6) is -0.954. The molecule has 0 radical (unpaired) electrons. The van der Waals surface area contributed by atoms with Crippen LogP contribution in [0.25, 0.3) is 11.0 Å². The maximum atomic E-state index is 13.7. The molecule has 2 aromatic carbocycles. The second-order valence-electron chi connectivity index (χ2n) is 4.41. The van der Waals surface area contributed by atoms with Crippen molar-refractivity contribution in [1.29, 1.82) is 0 Å². The van der Waals surface area contributed by atoms with E-state index in [2.05, 4.69) is 14.9 Å². The molecule has 0 fully saturated rings. The van der Waals surface area contributed by atoms with E-state index < -0.39 is 32.1 Å². The summed E-state index contributed by atoms with van der Waals surface area (Å²) < 4.78 is 44.9. The van der Waals surface area contributed by atoms with Gasteiger partial charge in [-0.2, -0.15) is 0 Å². The van der Waals surface area contributed by atoms with Crippen molar-refractivity contribution in [3.05, 3.63) is 52.3 Å². The van der Waals surface area contributed by atoms with E-state index in [1.54, 1.807) is 0 Å². The third kappa shape index (κ3) is 2.68. The lowest BCUT2D eigenvalue weighted by atomic mass is 10.3. The maximum absolute atomic E-state index is 13.7. The smallest absolute Gasteiger partial charge is 0.271 e. The molecule has 0 unspecified atom stereocenters. The van der Waals surface area contributed by atoms with Crippen LogP contribution in [-0.4, -0.2) is 23.7 Å². The number of halogens is 1. The van der Waals surface area contributed by atoms with Crippen LogP contribution in [0, 0.1) is 15.9 Å². The van der Waals surface area contributed by atoms with Crippen molar-refractivity contribution in [1.82, 2.24) is 10.3 Å². The van der Waals surface area contributed by atoms with Gasteiger partial charge in [-0.25, -0.2) is 17.4 Å². The average molecular weight is 338 g/mol. The molecule has 3 aromatic rings. The van der Waals surface area contributed by atoms with E-state index in [4.69, 9.17) is 0 Å². The molecule has 118 valence electrons. The fourth-order valence-electron chi connectivity index (χ4n) is 1.90. The monoisotopic (exact) mass is 338 g/mol. The molecular formula is C12H7FN4O5S. The van der Waals surface area contributed by atoms with E-state index in [0.29, 0.717) is 0 Å². The van der Waals surface area contributed by atoms with Gasteiger partial charge in [-0.3, -0.25) is 14.8 Å². The molecule has 0 atom stereocenters. The van der Waals surface area contributed by atoms with E-state index in [9.17, 15) is 22.9 Å². The topological polar surface area (TPSA) is 128 Å². The molecule has 0 amide bonds. The number of nitrogens with one attached hydrogen (secondary N) is 1. The lowest BCUT2D eigenvalue weighted by Crippen LogP contribution is -2.14. The average Bonchev–Trinajstić information content (AvgIpc) is 2.97. The first-order valence-electron chi connectivity index (χ1n) is 6.06. The number of anilines is 1. The predicted octanol–water partition coefficient (Wildman–Crippen LogP) is 2.07. The van der Waals surface area contributed by atoms with Crippen molar-refractivity contribution in [3.8, 4) is 0 Å². The van der Waals surface area contributed by atoms with Crippen LogP contribution in [0.4, 0.5) is 15.8 Å². The van der Waals surface area contributed by atoms with Gasteiger partial charge in [0.15, 0.2) is 5.52 Å². The van der Waals surface area contributed by atoms with Crippen molar-refractivity contribution < 1.29 is 22.4 Å².